The zero-order chi connectivity index (χ0) is 9.97. The van der Waals surface area contributed by atoms with E-state index >= 15 is 0 Å². The topological polar surface area (TPSA) is 38.9 Å². The van der Waals surface area contributed by atoms with Crippen molar-refractivity contribution in [1.29, 1.82) is 0 Å². The molecule has 0 fully saturated rings. The van der Waals surface area contributed by atoms with Gasteiger partial charge in [0.1, 0.15) is 0 Å². The SMILES string of the molecule is Nc1nc2cc(C=CCBr)ccc2s1. The molecule has 2 nitrogen and oxygen atoms in total. The number of allylic oxidation sites excluding steroid dienone is 1. The first-order chi connectivity index (χ1) is 6.79. The van der Waals surface area contributed by atoms with E-state index in [2.05, 4.69) is 45.2 Å². The third-order valence-electron chi connectivity index (χ3n) is 1.83. The molecule has 4 heteroatoms. The summed E-state index contributed by atoms with van der Waals surface area (Å²) in [7, 11) is 0. The predicted octanol–water partition coefficient (Wildman–Crippen LogP) is 3.29. The molecule has 0 aliphatic rings. The number of fused-ring (bicyclic) bond motifs is 1. The fraction of sp³-hybridized carbons (Fsp3) is 0.100. The highest BCUT2D eigenvalue weighted by molar-refractivity contribution is 9.09. The van der Waals surface area contributed by atoms with Crippen LogP contribution in [0.2, 0.25) is 0 Å². The molecule has 0 bridgehead atoms. The number of aromatic nitrogens is 1. The van der Waals surface area contributed by atoms with Crippen molar-refractivity contribution >= 4 is 48.7 Å². The Labute approximate surface area is 94.6 Å². The van der Waals surface area contributed by atoms with Crippen molar-refractivity contribution in [2.75, 3.05) is 11.1 Å². The van der Waals surface area contributed by atoms with Gasteiger partial charge in [0.2, 0.25) is 0 Å². The van der Waals surface area contributed by atoms with Crippen LogP contribution in [-0.4, -0.2) is 10.3 Å². The van der Waals surface area contributed by atoms with Crippen LogP contribution in [0, 0.1) is 0 Å². The van der Waals surface area contributed by atoms with E-state index in [1.807, 2.05) is 6.07 Å². The summed E-state index contributed by atoms with van der Waals surface area (Å²) in [5, 5.41) is 1.49. The Kier molecular flexibility index (Phi) is 2.84. The van der Waals surface area contributed by atoms with E-state index < -0.39 is 0 Å². The lowest BCUT2D eigenvalue weighted by Gasteiger charge is -1.91. The van der Waals surface area contributed by atoms with Crippen molar-refractivity contribution in [2.45, 2.75) is 0 Å². The lowest BCUT2D eigenvalue weighted by atomic mass is 10.2. The smallest absolute Gasteiger partial charge is 0.181 e. The fourth-order valence-corrected chi connectivity index (χ4v) is 2.15. The second-order valence-corrected chi connectivity index (χ2v) is 4.55. The summed E-state index contributed by atoms with van der Waals surface area (Å²) in [4.78, 5) is 4.23. The molecular weight excluding hydrogens is 260 g/mol. The van der Waals surface area contributed by atoms with Crippen LogP contribution in [-0.2, 0) is 0 Å². The van der Waals surface area contributed by atoms with E-state index in [1.54, 1.807) is 0 Å². The third kappa shape index (κ3) is 1.96. The maximum Gasteiger partial charge on any atom is 0.181 e. The van der Waals surface area contributed by atoms with Crippen LogP contribution in [0.15, 0.2) is 24.3 Å². The maximum atomic E-state index is 5.62. The third-order valence-corrected chi connectivity index (χ3v) is 3.07. The van der Waals surface area contributed by atoms with Gasteiger partial charge in [-0.3, -0.25) is 0 Å². The minimum Gasteiger partial charge on any atom is -0.375 e. The first-order valence-corrected chi connectivity index (χ1v) is 6.12. The van der Waals surface area contributed by atoms with Gasteiger partial charge in [-0.15, -0.1) is 0 Å². The molecule has 2 N–H and O–H groups in total. The molecule has 2 aromatic rings. The normalized spacial score (nSPS) is 11.5. The molecule has 1 heterocycles. The van der Waals surface area contributed by atoms with Crippen molar-refractivity contribution in [1.82, 2.24) is 4.98 Å². The predicted molar refractivity (Wildman–Crippen MR) is 66.9 cm³/mol. The number of hydrogen-bond donors (Lipinski definition) is 1. The zero-order valence-electron chi connectivity index (χ0n) is 7.40. The summed E-state index contributed by atoms with van der Waals surface area (Å²) in [6.07, 6.45) is 4.11. The fourth-order valence-electron chi connectivity index (χ4n) is 1.25. The molecule has 0 aliphatic carbocycles. The lowest BCUT2D eigenvalue weighted by molar-refractivity contribution is 1.49. The molecule has 0 radical (unpaired) electrons. The number of rotatable bonds is 2. The van der Waals surface area contributed by atoms with Crippen LogP contribution in [0.4, 0.5) is 5.13 Å². The highest BCUT2D eigenvalue weighted by Crippen LogP contribution is 2.24. The molecule has 0 atom stereocenters. The lowest BCUT2D eigenvalue weighted by Crippen LogP contribution is -1.79. The summed E-state index contributed by atoms with van der Waals surface area (Å²) in [6, 6.07) is 6.16. The summed E-state index contributed by atoms with van der Waals surface area (Å²) in [6.45, 7) is 0. The van der Waals surface area contributed by atoms with Crippen molar-refractivity contribution in [3.8, 4) is 0 Å². The molecular formula is C10H9BrN2S. The van der Waals surface area contributed by atoms with Gasteiger partial charge in [-0.1, -0.05) is 45.5 Å². The first-order valence-electron chi connectivity index (χ1n) is 4.18. The molecule has 0 spiro atoms. The molecule has 1 aromatic carbocycles. The quantitative estimate of drug-likeness (QED) is 0.850. The summed E-state index contributed by atoms with van der Waals surface area (Å²) in [5.41, 5.74) is 7.75. The van der Waals surface area contributed by atoms with Gasteiger partial charge in [0.25, 0.3) is 0 Å². The standard InChI is InChI=1S/C10H9BrN2S/c11-5-1-2-7-3-4-9-8(6-7)13-10(12)14-9/h1-4,6H,5H2,(H2,12,13). The minimum atomic E-state index is 0.627. The minimum absolute atomic E-state index is 0.627. The molecule has 72 valence electrons. The zero-order valence-corrected chi connectivity index (χ0v) is 9.81. The van der Waals surface area contributed by atoms with Crippen LogP contribution < -0.4 is 5.73 Å². The number of thiazole rings is 1. The average molecular weight is 269 g/mol. The summed E-state index contributed by atoms with van der Waals surface area (Å²) >= 11 is 4.86. The number of halogens is 1. The number of nitrogen functional groups attached to an aromatic ring is 1. The number of nitrogens with zero attached hydrogens (tertiary/aromatic N) is 1. The largest absolute Gasteiger partial charge is 0.375 e. The Balaban J connectivity index is 2.45. The Hall–Kier alpha value is -0.870. The van der Waals surface area contributed by atoms with Gasteiger partial charge in [0, 0.05) is 5.33 Å². The molecule has 0 aliphatic heterocycles. The second-order valence-electron chi connectivity index (χ2n) is 2.84. The van der Waals surface area contributed by atoms with Gasteiger partial charge in [-0.25, -0.2) is 4.98 Å². The van der Waals surface area contributed by atoms with Gasteiger partial charge in [-0.2, -0.15) is 0 Å². The van der Waals surface area contributed by atoms with E-state index in [9.17, 15) is 0 Å². The highest BCUT2D eigenvalue weighted by atomic mass is 79.9. The summed E-state index contributed by atoms with van der Waals surface area (Å²) < 4.78 is 1.14. The van der Waals surface area contributed by atoms with Crippen molar-refractivity contribution in [3.05, 3.63) is 29.8 Å². The van der Waals surface area contributed by atoms with E-state index in [-0.39, 0.29) is 0 Å². The van der Waals surface area contributed by atoms with Crippen molar-refractivity contribution < 1.29 is 0 Å². The van der Waals surface area contributed by atoms with Crippen LogP contribution in [0.5, 0.6) is 0 Å². The molecule has 0 saturated heterocycles. The molecule has 0 amide bonds. The van der Waals surface area contributed by atoms with E-state index in [1.165, 1.54) is 11.3 Å². The number of benzene rings is 1. The highest BCUT2D eigenvalue weighted by Gasteiger charge is 1.99. The van der Waals surface area contributed by atoms with Crippen LogP contribution in [0.25, 0.3) is 16.3 Å². The summed E-state index contributed by atoms with van der Waals surface area (Å²) in [5.74, 6) is 0. The van der Waals surface area contributed by atoms with Crippen molar-refractivity contribution in [2.24, 2.45) is 0 Å². The number of nitrogens with two attached hydrogens (primary N) is 1. The molecule has 0 saturated carbocycles. The van der Waals surface area contributed by atoms with E-state index in [0.29, 0.717) is 5.13 Å². The monoisotopic (exact) mass is 268 g/mol. The van der Waals surface area contributed by atoms with Crippen LogP contribution >= 0.6 is 27.3 Å². The Bertz CT molecular complexity index is 476. The number of anilines is 1. The van der Waals surface area contributed by atoms with Gasteiger partial charge in [0.15, 0.2) is 5.13 Å². The molecule has 0 unspecified atom stereocenters. The first kappa shape index (κ1) is 9.68. The Morgan fingerprint density at radius 2 is 2.36 bits per heavy atom. The average Bonchev–Trinajstić information content (AvgIpc) is 2.54. The second kappa shape index (κ2) is 4.11. The van der Waals surface area contributed by atoms with Gasteiger partial charge in [-0.05, 0) is 17.7 Å². The number of alkyl halides is 1. The van der Waals surface area contributed by atoms with Crippen LogP contribution in [0.3, 0.4) is 0 Å². The number of hydrogen-bond acceptors (Lipinski definition) is 3. The van der Waals surface area contributed by atoms with Gasteiger partial charge >= 0.3 is 0 Å². The van der Waals surface area contributed by atoms with Crippen LogP contribution in [0.1, 0.15) is 5.56 Å². The Morgan fingerprint density at radius 1 is 1.50 bits per heavy atom. The van der Waals surface area contributed by atoms with Gasteiger partial charge in [0.05, 0.1) is 10.2 Å². The Morgan fingerprint density at radius 3 is 3.14 bits per heavy atom. The van der Waals surface area contributed by atoms with E-state index in [4.69, 9.17) is 5.73 Å². The molecule has 1 aromatic heterocycles. The molecule has 2 rings (SSSR count). The maximum absolute atomic E-state index is 5.62. The van der Waals surface area contributed by atoms with Gasteiger partial charge < -0.3 is 5.73 Å². The van der Waals surface area contributed by atoms with Crippen molar-refractivity contribution in [3.63, 3.8) is 0 Å². The molecule has 14 heavy (non-hydrogen) atoms. The van der Waals surface area contributed by atoms with E-state index in [0.717, 1.165) is 21.1 Å².